The topological polar surface area (TPSA) is 55.0 Å². The van der Waals surface area contributed by atoms with Gasteiger partial charge in [-0.1, -0.05) is 42.5 Å². The van der Waals surface area contributed by atoms with E-state index in [4.69, 9.17) is 4.74 Å². The zero-order valence-corrected chi connectivity index (χ0v) is 11.1. The van der Waals surface area contributed by atoms with Crippen molar-refractivity contribution in [3.05, 3.63) is 54.5 Å². The van der Waals surface area contributed by atoms with E-state index in [0.717, 1.165) is 22.0 Å². The second kappa shape index (κ2) is 5.17. The van der Waals surface area contributed by atoms with Crippen molar-refractivity contribution in [3.63, 3.8) is 0 Å². The van der Waals surface area contributed by atoms with E-state index in [9.17, 15) is 4.79 Å². The van der Waals surface area contributed by atoms with Crippen LogP contribution in [-0.2, 0) is 4.74 Å². The number of ether oxygens (including phenoxy) is 1. The predicted octanol–water partition coefficient (Wildman–Crippen LogP) is 3.41. The molecule has 3 aromatic rings. The predicted molar refractivity (Wildman–Crippen MR) is 77.5 cm³/mol. The highest BCUT2D eigenvalue weighted by atomic mass is 16.5. The molecule has 0 aliphatic rings. The van der Waals surface area contributed by atoms with Crippen LogP contribution in [0.25, 0.3) is 22.0 Å². The number of H-pyrrole nitrogens is 1. The first-order valence-electron chi connectivity index (χ1n) is 6.50. The number of fused-ring (bicyclic) bond motifs is 1. The highest BCUT2D eigenvalue weighted by molar-refractivity contribution is 5.96. The van der Waals surface area contributed by atoms with Crippen molar-refractivity contribution in [3.8, 4) is 11.3 Å². The molecule has 1 heterocycles. The molecule has 3 rings (SSSR count). The van der Waals surface area contributed by atoms with E-state index in [1.54, 1.807) is 13.1 Å². The summed E-state index contributed by atoms with van der Waals surface area (Å²) in [6, 6.07) is 14.2. The zero-order valence-electron chi connectivity index (χ0n) is 11.1. The molecule has 0 atom stereocenters. The number of nitrogens with zero attached hydrogens (tertiary/aromatic N) is 1. The van der Waals surface area contributed by atoms with Crippen LogP contribution in [0.3, 0.4) is 0 Å². The van der Waals surface area contributed by atoms with E-state index in [2.05, 4.69) is 28.2 Å². The average Bonchev–Trinajstić information content (AvgIpc) is 2.97. The Balaban J connectivity index is 2.06. The van der Waals surface area contributed by atoms with Gasteiger partial charge < -0.3 is 9.72 Å². The van der Waals surface area contributed by atoms with Crippen LogP contribution in [0.5, 0.6) is 0 Å². The molecule has 0 amide bonds. The number of hydrogen-bond donors (Lipinski definition) is 1. The Morgan fingerprint density at radius 2 is 2.00 bits per heavy atom. The van der Waals surface area contributed by atoms with Gasteiger partial charge in [0.2, 0.25) is 5.82 Å². The zero-order chi connectivity index (χ0) is 13.9. The Kier molecular flexibility index (Phi) is 3.21. The average molecular weight is 266 g/mol. The summed E-state index contributed by atoms with van der Waals surface area (Å²) in [5.74, 6) is -0.200. The fraction of sp³-hybridized carbons (Fsp3) is 0.125. The summed E-state index contributed by atoms with van der Waals surface area (Å²) < 4.78 is 4.93. The third-order valence-corrected chi connectivity index (χ3v) is 3.12. The standard InChI is InChI=1S/C16H14N2O2/c1-2-20-16(19)15-17-10-14(18-15)13-9-5-7-11-6-3-4-8-12(11)13/h3-10H,2H2,1H3,(H,17,18). The summed E-state index contributed by atoms with van der Waals surface area (Å²) in [5.41, 5.74) is 1.83. The second-order valence-electron chi connectivity index (χ2n) is 4.39. The van der Waals surface area contributed by atoms with Crippen molar-refractivity contribution in [1.29, 1.82) is 0 Å². The molecule has 4 nitrogen and oxygen atoms in total. The largest absolute Gasteiger partial charge is 0.460 e. The Morgan fingerprint density at radius 1 is 1.20 bits per heavy atom. The van der Waals surface area contributed by atoms with Gasteiger partial charge in [0, 0.05) is 5.56 Å². The summed E-state index contributed by atoms with van der Waals surface area (Å²) in [4.78, 5) is 18.7. The molecule has 4 heteroatoms. The highest BCUT2D eigenvalue weighted by Gasteiger charge is 2.13. The highest BCUT2D eigenvalue weighted by Crippen LogP contribution is 2.27. The van der Waals surface area contributed by atoms with Gasteiger partial charge in [0.25, 0.3) is 0 Å². The van der Waals surface area contributed by atoms with Gasteiger partial charge in [-0.05, 0) is 17.7 Å². The number of esters is 1. The van der Waals surface area contributed by atoms with Crippen LogP contribution >= 0.6 is 0 Å². The van der Waals surface area contributed by atoms with Crippen molar-refractivity contribution in [2.75, 3.05) is 6.61 Å². The van der Waals surface area contributed by atoms with E-state index >= 15 is 0 Å². The number of benzene rings is 2. The van der Waals surface area contributed by atoms with E-state index in [0.29, 0.717) is 6.61 Å². The number of aromatic amines is 1. The first kappa shape index (κ1) is 12.4. The summed E-state index contributed by atoms with van der Waals surface area (Å²) in [7, 11) is 0. The van der Waals surface area contributed by atoms with Gasteiger partial charge >= 0.3 is 5.97 Å². The quantitative estimate of drug-likeness (QED) is 0.739. The molecule has 0 aliphatic carbocycles. The molecule has 1 N–H and O–H groups in total. The lowest BCUT2D eigenvalue weighted by atomic mass is 10.0. The Labute approximate surface area is 116 Å². The van der Waals surface area contributed by atoms with E-state index < -0.39 is 5.97 Å². The van der Waals surface area contributed by atoms with Crippen LogP contribution in [0.2, 0.25) is 0 Å². The van der Waals surface area contributed by atoms with Crippen LogP contribution < -0.4 is 0 Å². The third kappa shape index (κ3) is 2.16. The maximum atomic E-state index is 11.6. The fourth-order valence-electron chi connectivity index (χ4n) is 2.22. The maximum Gasteiger partial charge on any atom is 0.374 e. The molecule has 0 bridgehead atoms. The number of carbonyl (C=O) groups is 1. The molecular weight excluding hydrogens is 252 g/mol. The second-order valence-corrected chi connectivity index (χ2v) is 4.39. The minimum Gasteiger partial charge on any atom is -0.460 e. The molecular formula is C16H14N2O2. The molecule has 2 aromatic carbocycles. The molecule has 0 fully saturated rings. The minimum atomic E-state index is -0.431. The Hall–Kier alpha value is -2.62. The Bertz CT molecular complexity index is 757. The lowest BCUT2D eigenvalue weighted by Gasteiger charge is -2.04. The van der Waals surface area contributed by atoms with Crippen LogP contribution in [0.4, 0.5) is 0 Å². The van der Waals surface area contributed by atoms with Crippen LogP contribution in [0.15, 0.2) is 48.7 Å². The van der Waals surface area contributed by atoms with Crippen molar-refractivity contribution in [1.82, 2.24) is 9.97 Å². The number of hydrogen-bond acceptors (Lipinski definition) is 3. The van der Waals surface area contributed by atoms with E-state index in [1.807, 2.05) is 24.3 Å². The van der Waals surface area contributed by atoms with Gasteiger partial charge in [0.1, 0.15) is 0 Å². The lowest BCUT2D eigenvalue weighted by Crippen LogP contribution is -2.06. The summed E-state index contributed by atoms with van der Waals surface area (Å²) in [6.07, 6.45) is 1.66. The Morgan fingerprint density at radius 3 is 2.85 bits per heavy atom. The first-order chi connectivity index (χ1) is 9.79. The molecule has 0 saturated carbocycles. The van der Waals surface area contributed by atoms with E-state index in [1.165, 1.54) is 0 Å². The maximum absolute atomic E-state index is 11.6. The van der Waals surface area contributed by atoms with Crippen molar-refractivity contribution >= 4 is 16.7 Å². The van der Waals surface area contributed by atoms with Gasteiger partial charge in [-0.25, -0.2) is 9.78 Å². The third-order valence-electron chi connectivity index (χ3n) is 3.12. The van der Waals surface area contributed by atoms with Gasteiger partial charge in [0.05, 0.1) is 18.5 Å². The fourth-order valence-corrected chi connectivity index (χ4v) is 2.22. The number of nitrogens with one attached hydrogen (secondary N) is 1. The smallest absolute Gasteiger partial charge is 0.374 e. The van der Waals surface area contributed by atoms with Gasteiger partial charge in [0.15, 0.2) is 0 Å². The number of imidazole rings is 1. The van der Waals surface area contributed by atoms with E-state index in [-0.39, 0.29) is 5.82 Å². The van der Waals surface area contributed by atoms with Gasteiger partial charge in [-0.3, -0.25) is 0 Å². The molecule has 0 radical (unpaired) electrons. The van der Waals surface area contributed by atoms with Crippen LogP contribution in [-0.4, -0.2) is 22.5 Å². The van der Waals surface area contributed by atoms with Crippen molar-refractivity contribution < 1.29 is 9.53 Å². The number of rotatable bonds is 3. The lowest BCUT2D eigenvalue weighted by molar-refractivity contribution is 0.0513. The summed E-state index contributed by atoms with van der Waals surface area (Å²) >= 11 is 0. The SMILES string of the molecule is CCOC(=O)c1ncc(-c2cccc3ccccc23)[nH]1. The molecule has 0 spiro atoms. The summed E-state index contributed by atoms with van der Waals surface area (Å²) in [5, 5.41) is 2.27. The van der Waals surface area contributed by atoms with Crippen LogP contribution in [0.1, 0.15) is 17.5 Å². The van der Waals surface area contributed by atoms with Crippen LogP contribution in [0, 0.1) is 0 Å². The molecule has 0 saturated heterocycles. The molecule has 100 valence electrons. The first-order valence-corrected chi connectivity index (χ1v) is 6.50. The molecule has 1 aromatic heterocycles. The van der Waals surface area contributed by atoms with Crippen molar-refractivity contribution in [2.45, 2.75) is 6.92 Å². The normalized spacial score (nSPS) is 10.7. The number of aromatic nitrogens is 2. The van der Waals surface area contributed by atoms with Gasteiger partial charge in [-0.15, -0.1) is 0 Å². The minimum absolute atomic E-state index is 0.231. The number of carbonyl (C=O) groups excluding carboxylic acids is 1. The monoisotopic (exact) mass is 266 g/mol. The van der Waals surface area contributed by atoms with Gasteiger partial charge in [-0.2, -0.15) is 0 Å². The van der Waals surface area contributed by atoms with Crippen molar-refractivity contribution in [2.24, 2.45) is 0 Å². The summed E-state index contributed by atoms with van der Waals surface area (Å²) in [6.45, 7) is 2.11. The molecule has 0 unspecified atom stereocenters. The molecule has 0 aliphatic heterocycles. The molecule has 20 heavy (non-hydrogen) atoms.